The third-order valence-electron chi connectivity index (χ3n) is 2.60. The van der Waals surface area contributed by atoms with Crippen LogP contribution in [0.5, 0.6) is 0 Å². The van der Waals surface area contributed by atoms with Crippen LogP contribution in [0.15, 0.2) is 11.4 Å². The van der Waals surface area contributed by atoms with Crippen molar-refractivity contribution in [3.8, 4) is 11.8 Å². The summed E-state index contributed by atoms with van der Waals surface area (Å²) in [4.78, 5) is 15.2. The van der Waals surface area contributed by atoms with Gasteiger partial charge in [0.15, 0.2) is 0 Å². The molecule has 0 saturated carbocycles. The molecule has 20 heavy (non-hydrogen) atoms. The molecular formula is C15H22N2O2S. The van der Waals surface area contributed by atoms with E-state index in [0.29, 0.717) is 31.2 Å². The second-order valence-electron chi connectivity index (χ2n) is 4.84. The van der Waals surface area contributed by atoms with Crippen LogP contribution < -0.4 is 5.73 Å². The van der Waals surface area contributed by atoms with Gasteiger partial charge < -0.3 is 15.4 Å². The average molecular weight is 294 g/mol. The molecule has 0 aliphatic heterocycles. The van der Waals surface area contributed by atoms with Crippen LogP contribution >= 0.6 is 11.3 Å². The normalized spacial score (nSPS) is 10.2. The van der Waals surface area contributed by atoms with E-state index in [1.165, 1.54) is 11.3 Å². The van der Waals surface area contributed by atoms with Crippen LogP contribution in [0, 0.1) is 17.8 Å². The minimum Gasteiger partial charge on any atom is -0.383 e. The van der Waals surface area contributed by atoms with Crippen LogP contribution in [0.25, 0.3) is 0 Å². The lowest BCUT2D eigenvalue weighted by Crippen LogP contribution is -2.36. The molecule has 0 atom stereocenters. The fourth-order valence-corrected chi connectivity index (χ4v) is 2.50. The van der Waals surface area contributed by atoms with Crippen molar-refractivity contribution in [2.45, 2.75) is 13.8 Å². The van der Waals surface area contributed by atoms with E-state index < -0.39 is 0 Å². The molecule has 2 N–H and O–H groups in total. The Balaban J connectivity index is 2.79. The van der Waals surface area contributed by atoms with Crippen LogP contribution in [0.4, 0.5) is 0 Å². The number of ether oxygens (including phenoxy) is 1. The maximum absolute atomic E-state index is 12.5. The molecule has 4 nitrogen and oxygen atoms in total. The van der Waals surface area contributed by atoms with Gasteiger partial charge in [0.05, 0.1) is 23.6 Å². The van der Waals surface area contributed by atoms with Gasteiger partial charge in [-0.1, -0.05) is 25.7 Å². The lowest BCUT2D eigenvalue weighted by Gasteiger charge is -2.23. The largest absolute Gasteiger partial charge is 0.383 e. The molecule has 0 saturated heterocycles. The van der Waals surface area contributed by atoms with Crippen LogP contribution in [-0.2, 0) is 4.74 Å². The van der Waals surface area contributed by atoms with E-state index in [0.717, 1.165) is 11.4 Å². The van der Waals surface area contributed by atoms with Crippen molar-refractivity contribution >= 4 is 17.2 Å². The predicted molar refractivity (Wildman–Crippen MR) is 82.9 cm³/mol. The first-order valence-corrected chi connectivity index (χ1v) is 7.52. The smallest absolute Gasteiger partial charge is 0.254 e. The fourth-order valence-electron chi connectivity index (χ4n) is 1.75. The molecule has 1 amide bonds. The lowest BCUT2D eigenvalue weighted by molar-refractivity contribution is 0.0673. The zero-order chi connectivity index (χ0) is 15.0. The zero-order valence-electron chi connectivity index (χ0n) is 12.3. The van der Waals surface area contributed by atoms with Crippen LogP contribution in [0.1, 0.15) is 29.1 Å². The Hall–Kier alpha value is -1.35. The Morgan fingerprint density at radius 3 is 2.90 bits per heavy atom. The number of nitrogens with two attached hydrogens (primary N) is 1. The first kappa shape index (κ1) is 16.7. The molecule has 1 rings (SSSR count). The van der Waals surface area contributed by atoms with Crippen molar-refractivity contribution in [1.29, 1.82) is 0 Å². The summed E-state index contributed by atoms with van der Waals surface area (Å²) >= 11 is 1.47. The molecule has 1 aromatic heterocycles. The van der Waals surface area contributed by atoms with Gasteiger partial charge in [0.1, 0.15) is 0 Å². The van der Waals surface area contributed by atoms with E-state index in [-0.39, 0.29) is 5.91 Å². The summed E-state index contributed by atoms with van der Waals surface area (Å²) in [6, 6.07) is 1.83. The number of carbonyl (C=O) groups excluding carboxylic acids is 1. The second kappa shape index (κ2) is 8.75. The van der Waals surface area contributed by atoms with E-state index in [1.54, 1.807) is 7.11 Å². The fraction of sp³-hybridized carbons (Fsp3) is 0.533. The summed E-state index contributed by atoms with van der Waals surface area (Å²) < 4.78 is 5.07. The number of hydrogen-bond donors (Lipinski definition) is 1. The molecule has 0 radical (unpaired) electrons. The highest BCUT2D eigenvalue weighted by atomic mass is 32.1. The highest BCUT2D eigenvalue weighted by molar-refractivity contribution is 7.10. The second-order valence-corrected chi connectivity index (χ2v) is 5.75. The quantitative estimate of drug-likeness (QED) is 0.814. The Morgan fingerprint density at radius 2 is 2.30 bits per heavy atom. The molecule has 0 bridgehead atoms. The number of rotatable bonds is 6. The van der Waals surface area contributed by atoms with Crippen molar-refractivity contribution in [2.24, 2.45) is 11.7 Å². The molecule has 0 aromatic carbocycles. The third-order valence-corrected chi connectivity index (χ3v) is 3.44. The van der Waals surface area contributed by atoms with Gasteiger partial charge in [-0.2, -0.15) is 0 Å². The molecule has 1 aromatic rings. The first-order valence-electron chi connectivity index (χ1n) is 6.64. The minimum absolute atomic E-state index is 0.0350. The van der Waals surface area contributed by atoms with Gasteiger partial charge in [0.25, 0.3) is 5.91 Å². The Labute approximate surface area is 124 Å². The topological polar surface area (TPSA) is 55.6 Å². The molecule has 5 heteroatoms. The van der Waals surface area contributed by atoms with E-state index in [4.69, 9.17) is 10.5 Å². The van der Waals surface area contributed by atoms with Gasteiger partial charge in [-0.25, -0.2) is 0 Å². The van der Waals surface area contributed by atoms with Gasteiger partial charge in [0, 0.05) is 25.6 Å². The molecule has 0 aliphatic rings. The van der Waals surface area contributed by atoms with Gasteiger partial charge in [-0.15, -0.1) is 11.3 Å². The molecule has 110 valence electrons. The molecule has 0 fully saturated rings. The Bertz CT molecular complexity index is 486. The zero-order valence-corrected chi connectivity index (χ0v) is 13.1. The number of methoxy groups -OCH3 is 1. The Kier molecular flexibility index (Phi) is 7.31. The molecule has 0 spiro atoms. The van der Waals surface area contributed by atoms with Crippen molar-refractivity contribution < 1.29 is 9.53 Å². The summed E-state index contributed by atoms with van der Waals surface area (Å²) in [6.45, 7) is 6.39. The van der Waals surface area contributed by atoms with Crippen LogP contribution in [0.2, 0.25) is 0 Å². The summed E-state index contributed by atoms with van der Waals surface area (Å²) in [5.41, 5.74) is 6.03. The van der Waals surface area contributed by atoms with E-state index in [1.807, 2.05) is 16.3 Å². The number of amides is 1. The highest BCUT2D eigenvalue weighted by Crippen LogP contribution is 2.16. The predicted octanol–water partition coefficient (Wildman–Crippen LogP) is 1.80. The summed E-state index contributed by atoms with van der Waals surface area (Å²) in [7, 11) is 1.64. The van der Waals surface area contributed by atoms with Gasteiger partial charge >= 0.3 is 0 Å². The average Bonchev–Trinajstić information content (AvgIpc) is 2.88. The number of nitrogens with zero attached hydrogens (tertiary/aromatic N) is 1. The molecular weight excluding hydrogens is 272 g/mol. The number of carbonyl (C=O) groups is 1. The standard InChI is InChI=1S/C15H22N2O2S/c1-12(2)10-17(7-8-19-3)15(18)13-9-14(20-11-13)5-4-6-16/h9,11-12H,6-8,10,16H2,1-3H3. The Morgan fingerprint density at radius 1 is 1.55 bits per heavy atom. The van der Waals surface area contributed by atoms with Gasteiger partial charge in [-0.05, 0) is 12.0 Å². The lowest BCUT2D eigenvalue weighted by atomic mass is 10.2. The van der Waals surface area contributed by atoms with Gasteiger partial charge in [-0.3, -0.25) is 4.79 Å². The monoisotopic (exact) mass is 294 g/mol. The maximum atomic E-state index is 12.5. The van der Waals surface area contributed by atoms with Crippen LogP contribution in [-0.4, -0.2) is 44.2 Å². The number of hydrogen-bond acceptors (Lipinski definition) is 4. The molecule has 1 heterocycles. The molecule has 0 aliphatic carbocycles. The highest BCUT2D eigenvalue weighted by Gasteiger charge is 2.17. The van der Waals surface area contributed by atoms with E-state index in [9.17, 15) is 4.79 Å². The van der Waals surface area contributed by atoms with Crippen molar-refractivity contribution in [1.82, 2.24) is 4.90 Å². The van der Waals surface area contributed by atoms with Crippen LogP contribution in [0.3, 0.4) is 0 Å². The summed E-state index contributed by atoms with van der Waals surface area (Å²) in [6.07, 6.45) is 0. The van der Waals surface area contributed by atoms with Crippen molar-refractivity contribution in [2.75, 3.05) is 33.4 Å². The van der Waals surface area contributed by atoms with Crippen molar-refractivity contribution in [3.05, 3.63) is 21.9 Å². The SMILES string of the molecule is COCCN(CC(C)C)C(=O)c1csc(C#CCN)c1. The molecule has 0 unspecified atom stereocenters. The minimum atomic E-state index is 0.0350. The third kappa shape index (κ3) is 5.33. The van der Waals surface area contributed by atoms with Gasteiger partial charge in [0.2, 0.25) is 0 Å². The first-order chi connectivity index (χ1) is 9.58. The van der Waals surface area contributed by atoms with E-state index >= 15 is 0 Å². The van der Waals surface area contributed by atoms with E-state index in [2.05, 4.69) is 25.7 Å². The van der Waals surface area contributed by atoms with Crippen molar-refractivity contribution in [3.63, 3.8) is 0 Å². The summed E-state index contributed by atoms with van der Waals surface area (Å²) in [5, 5.41) is 1.85. The number of thiophene rings is 1. The summed E-state index contributed by atoms with van der Waals surface area (Å²) in [5.74, 6) is 6.20. The maximum Gasteiger partial charge on any atom is 0.254 e.